The summed E-state index contributed by atoms with van der Waals surface area (Å²) in [7, 11) is 2.14. The van der Waals surface area contributed by atoms with Crippen molar-refractivity contribution >= 4 is 18.6 Å². The fraction of sp³-hybridized carbons (Fsp3) is 0.269. The molecule has 1 aliphatic heterocycles. The number of piperazine rings is 1. The number of halogens is 1. The van der Waals surface area contributed by atoms with E-state index in [0.717, 1.165) is 54.4 Å². The first kappa shape index (κ1) is 23.6. The van der Waals surface area contributed by atoms with E-state index >= 15 is 0 Å². The topological polar surface area (TPSA) is 37.3 Å². The Morgan fingerprint density at radius 2 is 1.31 bits per heavy atom. The molecule has 1 saturated heterocycles. The van der Waals surface area contributed by atoms with E-state index in [1.54, 1.807) is 0 Å². The molecule has 0 spiro atoms. The quantitative estimate of drug-likeness (QED) is 0.459. The Labute approximate surface area is 196 Å². The predicted molar refractivity (Wildman–Crippen MR) is 132 cm³/mol. The van der Waals surface area contributed by atoms with Crippen LogP contribution in [0.2, 0.25) is 0 Å². The van der Waals surface area contributed by atoms with Gasteiger partial charge in [0, 0.05) is 26.2 Å². The van der Waals surface area contributed by atoms with Crippen LogP contribution in [0.15, 0.2) is 84.0 Å². The van der Waals surface area contributed by atoms with Crippen LogP contribution in [-0.2, 0) is 13.2 Å². The Hall–Kier alpha value is -3.02. The Morgan fingerprint density at radius 3 is 1.91 bits per heavy atom. The molecule has 0 aromatic heterocycles. The van der Waals surface area contributed by atoms with E-state index in [4.69, 9.17) is 9.47 Å². The number of hydrazone groups is 1. The Balaban J connectivity index is 0.00000289. The van der Waals surface area contributed by atoms with Gasteiger partial charge in [-0.2, -0.15) is 5.10 Å². The van der Waals surface area contributed by atoms with Gasteiger partial charge in [-0.05, 0) is 41.9 Å². The molecule has 1 aliphatic rings. The van der Waals surface area contributed by atoms with Crippen LogP contribution in [0.5, 0.6) is 11.5 Å². The molecule has 0 amide bonds. The third-order valence-electron chi connectivity index (χ3n) is 5.29. The summed E-state index contributed by atoms with van der Waals surface area (Å²) in [6, 6.07) is 26.3. The van der Waals surface area contributed by atoms with Crippen molar-refractivity contribution in [2.45, 2.75) is 13.2 Å². The normalized spacial score (nSPS) is 14.2. The van der Waals surface area contributed by atoms with E-state index < -0.39 is 0 Å². The van der Waals surface area contributed by atoms with Crippen molar-refractivity contribution < 1.29 is 9.47 Å². The average molecular weight is 452 g/mol. The molecule has 0 aliphatic carbocycles. The third kappa shape index (κ3) is 7.01. The lowest BCUT2D eigenvalue weighted by molar-refractivity contribution is 0.159. The van der Waals surface area contributed by atoms with Gasteiger partial charge < -0.3 is 14.4 Å². The van der Waals surface area contributed by atoms with Crippen molar-refractivity contribution in [1.29, 1.82) is 0 Å². The maximum atomic E-state index is 6.15. The maximum Gasteiger partial charge on any atom is 0.162 e. The van der Waals surface area contributed by atoms with Crippen LogP contribution in [-0.4, -0.2) is 49.4 Å². The van der Waals surface area contributed by atoms with Gasteiger partial charge in [-0.15, -0.1) is 12.4 Å². The smallest absolute Gasteiger partial charge is 0.162 e. The molecule has 3 aromatic carbocycles. The molecule has 4 rings (SSSR count). The van der Waals surface area contributed by atoms with Crippen LogP contribution < -0.4 is 9.47 Å². The van der Waals surface area contributed by atoms with Crippen molar-refractivity contribution in [2.24, 2.45) is 5.10 Å². The van der Waals surface area contributed by atoms with Crippen LogP contribution >= 0.6 is 12.4 Å². The molecule has 3 aromatic rings. The second-order valence-electron chi connectivity index (χ2n) is 7.76. The van der Waals surface area contributed by atoms with Crippen molar-refractivity contribution in [3.8, 4) is 11.5 Å². The largest absolute Gasteiger partial charge is 0.485 e. The molecule has 5 nitrogen and oxygen atoms in total. The van der Waals surface area contributed by atoms with E-state index in [9.17, 15) is 0 Å². The molecule has 6 heteroatoms. The highest BCUT2D eigenvalue weighted by Crippen LogP contribution is 2.30. The lowest BCUT2D eigenvalue weighted by Crippen LogP contribution is -2.41. The molecule has 0 unspecified atom stereocenters. The van der Waals surface area contributed by atoms with Gasteiger partial charge in [0.2, 0.25) is 0 Å². The lowest BCUT2D eigenvalue weighted by atomic mass is 10.2. The van der Waals surface area contributed by atoms with Crippen molar-refractivity contribution in [2.75, 3.05) is 33.2 Å². The summed E-state index contributed by atoms with van der Waals surface area (Å²) in [5.41, 5.74) is 3.24. The summed E-state index contributed by atoms with van der Waals surface area (Å²) in [5.74, 6) is 1.46. The number of hydrogen-bond acceptors (Lipinski definition) is 5. The molecular weight excluding hydrogens is 422 g/mol. The second-order valence-corrected chi connectivity index (χ2v) is 7.76. The summed E-state index contributed by atoms with van der Waals surface area (Å²) >= 11 is 0. The van der Waals surface area contributed by atoms with Gasteiger partial charge >= 0.3 is 0 Å². The summed E-state index contributed by atoms with van der Waals surface area (Å²) in [4.78, 5) is 2.32. The summed E-state index contributed by atoms with van der Waals surface area (Å²) in [6.45, 7) is 4.95. The van der Waals surface area contributed by atoms with Gasteiger partial charge in [-0.3, -0.25) is 5.01 Å². The van der Waals surface area contributed by atoms with Gasteiger partial charge in [-0.25, -0.2) is 0 Å². The van der Waals surface area contributed by atoms with Crippen LogP contribution in [0.1, 0.15) is 16.7 Å². The molecule has 0 radical (unpaired) electrons. The standard InChI is InChI=1S/C26H29N3O2.ClH/c1-28-14-16-29(17-15-28)27-19-24-12-13-25(30-20-22-8-4-2-5-9-22)26(18-24)31-21-23-10-6-3-7-11-23;/h2-13,18-19H,14-17,20-21H2,1H3;1H. The molecule has 0 bridgehead atoms. The Bertz CT molecular complexity index is 975. The first-order valence-corrected chi connectivity index (χ1v) is 10.7. The van der Waals surface area contributed by atoms with Crippen molar-refractivity contribution in [3.05, 3.63) is 95.6 Å². The van der Waals surface area contributed by atoms with E-state index in [1.807, 2.05) is 60.8 Å². The zero-order valence-electron chi connectivity index (χ0n) is 18.4. The molecule has 0 N–H and O–H groups in total. The van der Waals surface area contributed by atoms with Gasteiger partial charge in [0.15, 0.2) is 11.5 Å². The molecule has 1 heterocycles. The van der Waals surface area contributed by atoms with Crippen LogP contribution in [0.3, 0.4) is 0 Å². The van der Waals surface area contributed by atoms with E-state index in [0.29, 0.717) is 13.2 Å². The SMILES string of the molecule is CN1CCN(N=Cc2ccc(OCc3ccccc3)c(OCc3ccccc3)c2)CC1.Cl. The molecular formula is C26H30ClN3O2. The lowest BCUT2D eigenvalue weighted by Gasteiger charge is -2.30. The highest BCUT2D eigenvalue weighted by atomic mass is 35.5. The van der Waals surface area contributed by atoms with Crippen molar-refractivity contribution in [3.63, 3.8) is 0 Å². The Morgan fingerprint density at radius 1 is 0.750 bits per heavy atom. The van der Waals surface area contributed by atoms with E-state index in [1.165, 1.54) is 0 Å². The minimum atomic E-state index is 0. The zero-order valence-corrected chi connectivity index (χ0v) is 19.2. The van der Waals surface area contributed by atoms with Crippen molar-refractivity contribution in [1.82, 2.24) is 9.91 Å². The number of likely N-dealkylation sites (N-methyl/N-ethyl adjacent to an activating group) is 1. The summed E-state index contributed by atoms with van der Waals surface area (Å²) < 4.78 is 12.2. The number of hydrogen-bond donors (Lipinski definition) is 0. The van der Waals surface area contributed by atoms with Gasteiger partial charge in [-0.1, -0.05) is 60.7 Å². The number of nitrogens with zero attached hydrogens (tertiary/aromatic N) is 3. The molecule has 0 saturated carbocycles. The first-order valence-electron chi connectivity index (χ1n) is 10.7. The van der Waals surface area contributed by atoms with Crippen LogP contribution in [0.4, 0.5) is 0 Å². The van der Waals surface area contributed by atoms with Crippen LogP contribution in [0, 0.1) is 0 Å². The first-order chi connectivity index (χ1) is 15.3. The summed E-state index contributed by atoms with van der Waals surface area (Å²) in [6.07, 6.45) is 1.90. The highest BCUT2D eigenvalue weighted by Gasteiger charge is 2.12. The number of benzene rings is 3. The number of ether oxygens (including phenoxy) is 2. The third-order valence-corrected chi connectivity index (χ3v) is 5.29. The molecule has 0 atom stereocenters. The molecule has 32 heavy (non-hydrogen) atoms. The molecule has 168 valence electrons. The molecule has 1 fully saturated rings. The Kier molecular flexibility index (Phi) is 8.96. The zero-order chi connectivity index (χ0) is 21.3. The minimum Gasteiger partial charge on any atom is -0.485 e. The number of rotatable bonds is 8. The second kappa shape index (κ2) is 12.1. The highest BCUT2D eigenvalue weighted by molar-refractivity contribution is 5.85. The average Bonchev–Trinajstić information content (AvgIpc) is 2.83. The fourth-order valence-electron chi connectivity index (χ4n) is 3.37. The van der Waals surface area contributed by atoms with Gasteiger partial charge in [0.05, 0.1) is 6.21 Å². The summed E-state index contributed by atoms with van der Waals surface area (Å²) in [5, 5.41) is 6.77. The van der Waals surface area contributed by atoms with Gasteiger partial charge in [0.25, 0.3) is 0 Å². The van der Waals surface area contributed by atoms with E-state index in [-0.39, 0.29) is 12.4 Å². The fourth-order valence-corrected chi connectivity index (χ4v) is 3.37. The monoisotopic (exact) mass is 451 g/mol. The predicted octanol–water partition coefficient (Wildman–Crippen LogP) is 4.85. The van der Waals surface area contributed by atoms with Gasteiger partial charge in [0.1, 0.15) is 13.2 Å². The maximum absolute atomic E-state index is 6.15. The van der Waals surface area contributed by atoms with E-state index in [2.05, 4.69) is 46.3 Å². The van der Waals surface area contributed by atoms with Crippen LogP contribution in [0.25, 0.3) is 0 Å². The minimum absolute atomic E-state index is 0.